The highest BCUT2D eigenvalue weighted by Crippen LogP contribution is 2.22. The molecular weight excluding hydrogens is 342 g/mol. The van der Waals surface area contributed by atoms with E-state index in [0.29, 0.717) is 11.3 Å². The zero-order valence-electron chi connectivity index (χ0n) is 13.3. The van der Waals surface area contributed by atoms with Crippen molar-refractivity contribution in [2.24, 2.45) is 0 Å². The summed E-state index contributed by atoms with van der Waals surface area (Å²) in [5.41, 5.74) is 0.401. The Kier molecular flexibility index (Phi) is 3.92. The molecule has 130 valence electrons. The molecule has 0 fully saturated rings. The van der Waals surface area contributed by atoms with E-state index in [1.807, 2.05) is 0 Å². The van der Waals surface area contributed by atoms with E-state index in [9.17, 15) is 13.6 Å². The first kappa shape index (κ1) is 15.9. The van der Waals surface area contributed by atoms with E-state index >= 15 is 0 Å². The minimum Gasteiger partial charge on any atom is -0.436 e. The third-order valence-electron chi connectivity index (χ3n) is 3.72. The molecule has 0 amide bonds. The van der Waals surface area contributed by atoms with E-state index in [1.165, 1.54) is 57.9 Å². The Morgan fingerprint density at radius 1 is 1.04 bits per heavy atom. The van der Waals surface area contributed by atoms with Crippen molar-refractivity contribution in [1.82, 2.24) is 19.2 Å². The fraction of sp³-hybridized carbons (Fsp3) is 0.0556. The van der Waals surface area contributed by atoms with Gasteiger partial charge in [-0.15, -0.1) is 5.10 Å². The van der Waals surface area contributed by atoms with Crippen LogP contribution in [0.25, 0.3) is 5.65 Å². The summed E-state index contributed by atoms with van der Waals surface area (Å²) >= 11 is 0. The Balaban J connectivity index is 1.72. The molecule has 6 nitrogen and oxygen atoms in total. The maximum Gasteiger partial charge on any atom is 0.350 e. The zero-order valence-corrected chi connectivity index (χ0v) is 13.3. The Morgan fingerprint density at radius 3 is 2.62 bits per heavy atom. The molecule has 0 N–H and O–H groups in total. The van der Waals surface area contributed by atoms with Crippen LogP contribution in [-0.4, -0.2) is 19.2 Å². The molecule has 4 aromatic rings. The molecule has 0 aliphatic carbocycles. The van der Waals surface area contributed by atoms with Crippen molar-refractivity contribution in [3.63, 3.8) is 0 Å². The molecule has 0 saturated heterocycles. The summed E-state index contributed by atoms with van der Waals surface area (Å²) in [6.07, 6.45) is 2.87. The molecule has 0 atom stereocenters. The third kappa shape index (κ3) is 3.04. The van der Waals surface area contributed by atoms with Gasteiger partial charge in [0.1, 0.15) is 17.4 Å². The normalized spacial score (nSPS) is 11.0. The number of rotatable bonds is 4. The van der Waals surface area contributed by atoms with E-state index in [4.69, 9.17) is 4.74 Å². The van der Waals surface area contributed by atoms with Crippen LogP contribution in [0.1, 0.15) is 5.56 Å². The SMILES string of the molecule is O=c1n(Cc2cccc(F)c2)nc2c(Oc3ccc(F)cc3)nccn12. The highest BCUT2D eigenvalue weighted by Gasteiger charge is 2.14. The van der Waals surface area contributed by atoms with Gasteiger partial charge in [0, 0.05) is 12.4 Å². The van der Waals surface area contributed by atoms with Crippen molar-refractivity contribution >= 4 is 5.65 Å². The van der Waals surface area contributed by atoms with E-state index in [2.05, 4.69) is 10.1 Å². The highest BCUT2D eigenvalue weighted by molar-refractivity contribution is 5.49. The van der Waals surface area contributed by atoms with E-state index in [0.717, 1.165) is 0 Å². The molecule has 0 bridgehead atoms. The van der Waals surface area contributed by atoms with E-state index < -0.39 is 5.69 Å². The molecule has 2 heterocycles. The van der Waals surface area contributed by atoms with Crippen LogP contribution < -0.4 is 10.4 Å². The highest BCUT2D eigenvalue weighted by atomic mass is 19.1. The first-order chi connectivity index (χ1) is 12.6. The van der Waals surface area contributed by atoms with Gasteiger partial charge in [0.15, 0.2) is 0 Å². The number of nitrogens with zero attached hydrogens (tertiary/aromatic N) is 4. The van der Waals surface area contributed by atoms with Gasteiger partial charge in [0.05, 0.1) is 6.54 Å². The summed E-state index contributed by atoms with van der Waals surface area (Å²) in [5.74, 6) is -0.311. The molecule has 0 aliphatic heterocycles. The lowest BCUT2D eigenvalue weighted by Crippen LogP contribution is -2.21. The summed E-state index contributed by atoms with van der Waals surface area (Å²) in [4.78, 5) is 16.6. The van der Waals surface area contributed by atoms with Crippen molar-refractivity contribution in [1.29, 1.82) is 0 Å². The number of benzene rings is 2. The number of aromatic nitrogens is 4. The average molecular weight is 354 g/mol. The van der Waals surface area contributed by atoms with Crippen molar-refractivity contribution in [3.05, 3.63) is 88.6 Å². The fourth-order valence-corrected chi connectivity index (χ4v) is 2.52. The van der Waals surface area contributed by atoms with Crippen molar-refractivity contribution in [2.75, 3.05) is 0 Å². The number of hydrogen-bond donors (Lipinski definition) is 0. The van der Waals surface area contributed by atoms with Crippen LogP contribution in [0, 0.1) is 11.6 Å². The van der Waals surface area contributed by atoms with Crippen LogP contribution >= 0.6 is 0 Å². The van der Waals surface area contributed by atoms with Gasteiger partial charge in [-0.3, -0.25) is 0 Å². The van der Waals surface area contributed by atoms with Gasteiger partial charge >= 0.3 is 5.69 Å². The van der Waals surface area contributed by atoms with Crippen LogP contribution in [0.4, 0.5) is 8.78 Å². The van der Waals surface area contributed by atoms with Crippen LogP contribution in [0.3, 0.4) is 0 Å². The molecule has 2 aromatic heterocycles. The molecule has 0 aliphatic rings. The lowest BCUT2D eigenvalue weighted by Gasteiger charge is -2.04. The monoisotopic (exact) mass is 354 g/mol. The molecule has 4 rings (SSSR count). The molecule has 8 heteroatoms. The Hall–Kier alpha value is -3.55. The maximum absolute atomic E-state index is 13.3. The lowest BCUT2D eigenvalue weighted by atomic mass is 10.2. The van der Waals surface area contributed by atoms with Crippen LogP contribution in [0.2, 0.25) is 0 Å². The molecular formula is C18H12F2N4O2. The Bertz CT molecular complexity index is 1140. The summed E-state index contributed by atoms with van der Waals surface area (Å²) in [6, 6.07) is 11.3. The molecule has 0 unspecified atom stereocenters. The number of fused-ring (bicyclic) bond motifs is 1. The predicted octanol–water partition coefficient (Wildman–Crippen LogP) is 3.01. The molecule has 26 heavy (non-hydrogen) atoms. The number of hydrogen-bond acceptors (Lipinski definition) is 4. The van der Waals surface area contributed by atoms with Gasteiger partial charge < -0.3 is 4.74 Å². The van der Waals surface area contributed by atoms with Crippen molar-refractivity contribution in [3.8, 4) is 11.6 Å². The zero-order chi connectivity index (χ0) is 18.1. The van der Waals surface area contributed by atoms with Crippen LogP contribution in [0.15, 0.2) is 65.7 Å². The molecule has 0 spiro atoms. The quantitative estimate of drug-likeness (QED) is 0.565. The van der Waals surface area contributed by atoms with Gasteiger partial charge in [-0.05, 0) is 42.0 Å². The van der Waals surface area contributed by atoms with Gasteiger partial charge in [0.25, 0.3) is 5.88 Å². The minimum absolute atomic E-state index is 0.105. The number of halogens is 2. The molecule has 0 radical (unpaired) electrons. The minimum atomic E-state index is -0.407. The van der Waals surface area contributed by atoms with Gasteiger partial charge in [-0.2, -0.15) is 0 Å². The summed E-state index contributed by atoms with van der Waals surface area (Å²) < 4.78 is 34.4. The average Bonchev–Trinajstić information content (AvgIpc) is 2.94. The van der Waals surface area contributed by atoms with Crippen LogP contribution in [0.5, 0.6) is 11.6 Å². The predicted molar refractivity (Wildman–Crippen MR) is 89.2 cm³/mol. The Morgan fingerprint density at radius 2 is 1.85 bits per heavy atom. The largest absolute Gasteiger partial charge is 0.436 e. The first-order valence-corrected chi connectivity index (χ1v) is 7.72. The molecule has 2 aromatic carbocycles. The smallest absolute Gasteiger partial charge is 0.350 e. The maximum atomic E-state index is 13.3. The molecule has 0 saturated carbocycles. The topological polar surface area (TPSA) is 61.4 Å². The van der Waals surface area contributed by atoms with Crippen molar-refractivity contribution in [2.45, 2.75) is 6.54 Å². The first-order valence-electron chi connectivity index (χ1n) is 7.72. The second kappa shape index (κ2) is 6.40. The Labute approximate surface area is 145 Å². The van der Waals surface area contributed by atoms with Gasteiger partial charge in [-0.1, -0.05) is 12.1 Å². The number of ether oxygens (including phenoxy) is 1. The van der Waals surface area contributed by atoms with E-state index in [-0.39, 0.29) is 29.7 Å². The van der Waals surface area contributed by atoms with Gasteiger partial charge in [-0.25, -0.2) is 27.6 Å². The van der Waals surface area contributed by atoms with E-state index in [1.54, 1.807) is 12.1 Å². The third-order valence-corrected chi connectivity index (χ3v) is 3.72. The second-order valence-electron chi connectivity index (χ2n) is 5.55. The standard InChI is InChI=1S/C18H12F2N4O2/c19-13-4-6-15(7-5-13)26-17-16-22-24(18(25)23(16)9-8-21-17)11-12-2-1-3-14(20)10-12/h1-10H,11H2. The van der Waals surface area contributed by atoms with Crippen LogP contribution in [-0.2, 0) is 6.54 Å². The summed E-state index contributed by atoms with van der Waals surface area (Å²) in [6.45, 7) is 0.105. The second-order valence-corrected chi connectivity index (χ2v) is 5.55. The van der Waals surface area contributed by atoms with Crippen molar-refractivity contribution < 1.29 is 13.5 Å². The summed E-state index contributed by atoms with van der Waals surface area (Å²) in [7, 11) is 0. The fourth-order valence-electron chi connectivity index (χ4n) is 2.52. The summed E-state index contributed by atoms with van der Waals surface area (Å²) in [5, 5.41) is 4.23. The van der Waals surface area contributed by atoms with Gasteiger partial charge in [0.2, 0.25) is 5.65 Å². The lowest BCUT2D eigenvalue weighted by molar-refractivity contribution is 0.462.